The van der Waals surface area contributed by atoms with E-state index in [9.17, 15) is 4.79 Å². The van der Waals surface area contributed by atoms with E-state index in [0.717, 1.165) is 39.4 Å². The molecule has 0 atom stereocenters. The minimum absolute atomic E-state index is 0.193. The molecule has 112 valence electrons. The number of hydrogen-bond acceptors (Lipinski definition) is 4. The Morgan fingerprint density at radius 3 is 2.00 bits per heavy atom. The van der Waals surface area contributed by atoms with Gasteiger partial charge in [0.25, 0.3) is 0 Å². The van der Waals surface area contributed by atoms with Crippen molar-refractivity contribution in [2.45, 2.75) is 46.3 Å². The average molecular weight is 272 g/mol. The average Bonchev–Trinajstić information content (AvgIpc) is 2.28. The molecule has 2 heterocycles. The van der Waals surface area contributed by atoms with E-state index in [1.807, 2.05) is 34.6 Å². The van der Waals surface area contributed by atoms with Crippen LogP contribution in [0.2, 0.25) is 0 Å². The Hall–Kier alpha value is -0.810. The molecule has 0 N–H and O–H groups in total. The van der Waals surface area contributed by atoms with Crippen molar-refractivity contribution in [2.75, 3.05) is 39.4 Å². The lowest BCUT2D eigenvalue weighted by Crippen LogP contribution is -2.57. The molecule has 0 aliphatic carbocycles. The van der Waals surface area contributed by atoms with Gasteiger partial charge in [-0.25, -0.2) is 4.79 Å². The van der Waals surface area contributed by atoms with Crippen LogP contribution in [0.4, 0.5) is 4.79 Å². The van der Waals surface area contributed by atoms with Gasteiger partial charge in [0.2, 0.25) is 0 Å². The van der Waals surface area contributed by atoms with Crippen molar-refractivity contribution in [1.82, 2.24) is 9.80 Å². The third-order valence-corrected chi connectivity index (χ3v) is 3.10. The zero-order valence-corrected chi connectivity index (χ0v) is 12.9. The zero-order valence-electron chi connectivity index (χ0n) is 12.9. The number of rotatable bonds is 1. The molecule has 0 unspecified atom stereocenters. The molecule has 2 aliphatic rings. The van der Waals surface area contributed by atoms with Gasteiger partial charge < -0.3 is 14.4 Å². The molecule has 1 amide bonds. The lowest BCUT2D eigenvalue weighted by atomic mass is 10.2. The van der Waals surface area contributed by atoms with Crippen molar-refractivity contribution in [3.63, 3.8) is 0 Å². The second-order valence-corrected chi connectivity index (χ2v) is 5.69. The first-order valence-corrected chi connectivity index (χ1v) is 7.25. The normalized spacial score (nSPS) is 21.2. The Morgan fingerprint density at radius 1 is 1.11 bits per heavy atom. The molecule has 0 aromatic heterocycles. The van der Waals surface area contributed by atoms with E-state index in [4.69, 9.17) is 9.47 Å². The highest BCUT2D eigenvalue weighted by Crippen LogP contribution is 2.15. The quantitative estimate of drug-likeness (QED) is 0.732. The minimum Gasteiger partial charge on any atom is -0.444 e. The standard InChI is InChI=1S/C12H22N2O3.C2H6/c1-12(2,3)17-11(15)14-6-4-13(5-7-14)10-8-16-9-10;1-2/h10H,4-9H2,1-3H3;1-2H3. The maximum atomic E-state index is 11.8. The lowest BCUT2D eigenvalue weighted by Gasteiger charge is -2.42. The van der Waals surface area contributed by atoms with Gasteiger partial charge in [0, 0.05) is 26.2 Å². The highest BCUT2D eigenvalue weighted by Gasteiger charge is 2.31. The summed E-state index contributed by atoms with van der Waals surface area (Å²) in [6.07, 6.45) is -0.193. The van der Waals surface area contributed by atoms with Crippen molar-refractivity contribution in [2.24, 2.45) is 0 Å². The van der Waals surface area contributed by atoms with Gasteiger partial charge in [-0.2, -0.15) is 0 Å². The van der Waals surface area contributed by atoms with Crippen molar-refractivity contribution in [3.05, 3.63) is 0 Å². The molecule has 0 radical (unpaired) electrons. The number of carbonyl (C=O) groups excluding carboxylic acids is 1. The number of hydrogen-bond donors (Lipinski definition) is 0. The van der Waals surface area contributed by atoms with Crippen molar-refractivity contribution >= 4 is 6.09 Å². The Labute approximate surface area is 116 Å². The van der Waals surface area contributed by atoms with E-state index >= 15 is 0 Å². The van der Waals surface area contributed by atoms with E-state index in [2.05, 4.69) is 4.90 Å². The fourth-order valence-electron chi connectivity index (χ4n) is 2.03. The van der Waals surface area contributed by atoms with Crippen LogP contribution in [0.25, 0.3) is 0 Å². The van der Waals surface area contributed by atoms with E-state index in [0.29, 0.717) is 6.04 Å². The topological polar surface area (TPSA) is 42.0 Å². The molecule has 2 rings (SSSR count). The number of piperazine rings is 1. The van der Waals surface area contributed by atoms with Crippen molar-refractivity contribution < 1.29 is 14.3 Å². The van der Waals surface area contributed by atoms with Crippen LogP contribution in [0.3, 0.4) is 0 Å². The first-order chi connectivity index (χ1) is 8.96. The molecule has 0 aromatic rings. The summed E-state index contributed by atoms with van der Waals surface area (Å²) in [6.45, 7) is 14.7. The second kappa shape index (κ2) is 7.10. The number of amides is 1. The summed E-state index contributed by atoms with van der Waals surface area (Å²) >= 11 is 0. The molecule has 5 heteroatoms. The van der Waals surface area contributed by atoms with Crippen LogP contribution in [0, 0.1) is 0 Å². The van der Waals surface area contributed by atoms with Gasteiger partial charge in [-0.1, -0.05) is 13.8 Å². The van der Waals surface area contributed by atoms with Gasteiger partial charge in [0.15, 0.2) is 0 Å². The molecule has 5 nitrogen and oxygen atoms in total. The minimum atomic E-state index is -0.407. The molecular weight excluding hydrogens is 244 g/mol. The predicted molar refractivity (Wildman–Crippen MR) is 75.3 cm³/mol. The number of ether oxygens (including phenoxy) is 2. The van der Waals surface area contributed by atoms with Crippen LogP contribution in [0.15, 0.2) is 0 Å². The summed E-state index contributed by atoms with van der Waals surface area (Å²) in [5.41, 5.74) is -0.407. The summed E-state index contributed by atoms with van der Waals surface area (Å²) in [6, 6.07) is 0.566. The summed E-state index contributed by atoms with van der Waals surface area (Å²) < 4.78 is 10.5. The monoisotopic (exact) mass is 272 g/mol. The van der Waals surface area contributed by atoms with E-state index < -0.39 is 5.60 Å². The molecule has 19 heavy (non-hydrogen) atoms. The molecular formula is C14H28N2O3. The van der Waals surface area contributed by atoms with Gasteiger partial charge >= 0.3 is 6.09 Å². The zero-order chi connectivity index (χ0) is 14.5. The van der Waals surface area contributed by atoms with E-state index in [1.165, 1.54) is 0 Å². The van der Waals surface area contributed by atoms with Crippen molar-refractivity contribution in [3.8, 4) is 0 Å². The van der Waals surface area contributed by atoms with E-state index in [1.54, 1.807) is 4.90 Å². The largest absolute Gasteiger partial charge is 0.444 e. The Morgan fingerprint density at radius 2 is 1.63 bits per heavy atom. The van der Waals surface area contributed by atoms with Crippen molar-refractivity contribution in [1.29, 1.82) is 0 Å². The smallest absolute Gasteiger partial charge is 0.410 e. The first kappa shape index (κ1) is 16.2. The van der Waals surface area contributed by atoms with Gasteiger partial charge in [-0.3, -0.25) is 4.90 Å². The Kier molecular flexibility index (Phi) is 6.07. The molecule has 0 spiro atoms. The molecule has 2 saturated heterocycles. The molecule has 0 aromatic carbocycles. The fraction of sp³-hybridized carbons (Fsp3) is 0.929. The Bertz CT molecular complexity index is 277. The number of carbonyl (C=O) groups is 1. The van der Waals surface area contributed by atoms with Crippen LogP contribution in [0.5, 0.6) is 0 Å². The Balaban J connectivity index is 0.000000861. The summed E-state index contributed by atoms with van der Waals surface area (Å²) in [7, 11) is 0. The maximum Gasteiger partial charge on any atom is 0.410 e. The number of nitrogens with zero attached hydrogens (tertiary/aromatic N) is 2. The highest BCUT2D eigenvalue weighted by molar-refractivity contribution is 5.68. The lowest BCUT2D eigenvalue weighted by molar-refractivity contribution is -0.0774. The fourth-order valence-corrected chi connectivity index (χ4v) is 2.03. The van der Waals surface area contributed by atoms with Crippen LogP contribution < -0.4 is 0 Å². The molecule has 2 fully saturated rings. The van der Waals surface area contributed by atoms with Gasteiger partial charge in [-0.15, -0.1) is 0 Å². The summed E-state index contributed by atoms with van der Waals surface area (Å²) in [4.78, 5) is 16.0. The van der Waals surface area contributed by atoms with Crippen LogP contribution in [-0.4, -0.2) is 66.9 Å². The van der Waals surface area contributed by atoms with Crippen LogP contribution in [-0.2, 0) is 9.47 Å². The first-order valence-electron chi connectivity index (χ1n) is 7.25. The third-order valence-electron chi connectivity index (χ3n) is 3.10. The van der Waals surface area contributed by atoms with Crippen LogP contribution in [0.1, 0.15) is 34.6 Å². The van der Waals surface area contributed by atoms with E-state index in [-0.39, 0.29) is 6.09 Å². The summed E-state index contributed by atoms with van der Waals surface area (Å²) in [5.74, 6) is 0. The second-order valence-electron chi connectivity index (χ2n) is 5.69. The SMILES string of the molecule is CC.CC(C)(C)OC(=O)N1CCN(C2COC2)CC1. The molecule has 2 aliphatic heterocycles. The molecule has 0 saturated carbocycles. The molecule has 0 bridgehead atoms. The highest BCUT2D eigenvalue weighted by atomic mass is 16.6. The van der Waals surface area contributed by atoms with Gasteiger partial charge in [-0.05, 0) is 20.8 Å². The third kappa shape index (κ3) is 4.99. The van der Waals surface area contributed by atoms with Gasteiger partial charge in [0.1, 0.15) is 5.60 Å². The van der Waals surface area contributed by atoms with Crippen LogP contribution >= 0.6 is 0 Å². The maximum absolute atomic E-state index is 11.8. The van der Waals surface area contributed by atoms with Gasteiger partial charge in [0.05, 0.1) is 19.3 Å². The summed E-state index contributed by atoms with van der Waals surface area (Å²) in [5, 5.41) is 0. The predicted octanol–water partition coefficient (Wildman–Crippen LogP) is 1.96.